The number of fused-ring (bicyclic) bond motifs is 1. The van der Waals surface area contributed by atoms with Gasteiger partial charge in [-0.3, -0.25) is 5.10 Å². The molecule has 16 heavy (non-hydrogen) atoms. The van der Waals surface area contributed by atoms with Gasteiger partial charge in [-0.25, -0.2) is 9.59 Å². The average Bonchev–Trinajstić information content (AvgIpc) is 2.71. The Bertz CT molecular complexity index is 573. The highest BCUT2D eigenvalue weighted by Gasteiger charge is 2.20. The first-order chi connectivity index (χ1) is 7.65. The topological polar surface area (TPSA) is 92.3 Å². The van der Waals surface area contributed by atoms with Crippen molar-refractivity contribution in [2.24, 2.45) is 0 Å². The predicted octanol–water partition coefficient (Wildman–Crippen LogP) is 1.05. The molecule has 0 aliphatic carbocycles. The molecule has 6 heteroatoms. The van der Waals surface area contributed by atoms with Gasteiger partial charge in [-0.05, 0) is 12.1 Å². The van der Waals surface area contributed by atoms with Crippen LogP contribution in [0, 0.1) is 0 Å². The molecule has 1 aromatic heterocycles. The number of nitrogens with one attached hydrogen (secondary N) is 1. The number of carbonyl (C=O) groups is 2. The summed E-state index contributed by atoms with van der Waals surface area (Å²) in [6.45, 7) is 0. The number of methoxy groups -OCH3 is 1. The van der Waals surface area contributed by atoms with E-state index in [-0.39, 0.29) is 16.6 Å². The van der Waals surface area contributed by atoms with E-state index in [4.69, 9.17) is 5.11 Å². The number of esters is 1. The van der Waals surface area contributed by atoms with E-state index < -0.39 is 11.9 Å². The summed E-state index contributed by atoms with van der Waals surface area (Å²) in [4.78, 5) is 22.3. The molecule has 6 nitrogen and oxygen atoms in total. The van der Waals surface area contributed by atoms with Gasteiger partial charge in [0.05, 0.1) is 18.2 Å². The summed E-state index contributed by atoms with van der Waals surface area (Å²) in [5.41, 5.74) is 0.488. The van der Waals surface area contributed by atoms with Crippen LogP contribution in [0.4, 0.5) is 0 Å². The van der Waals surface area contributed by atoms with E-state index >= 15 is 0 Å². The summed E-state index contributed by atoms with van der Waals surface area (Å²) in [7, 11) is 1.21. The van der Waals surface area contributed by atoms with Gasteiger partial charge in [0.15, 0.2) is 5.69 Å². The Balaban J connectivity index is 2.77. The van der Waals surface area contributed by atoms with Crippen LogP contribution < -0.4 is 0 Å². The number of rotatable bonds is 2. The summed E-state index contributed by atoms with van der Waals surface area (Å²) in [6.07, 6.45) is 0. The summed E-state index contributed by atoms with van der Waals surface area (Å²) in [5.74, 6) is -1.78. The molecular weight excluding hydrogens is 212 g/mol. The van der Waals surface area contributed by atoms with Gasteiger partial charge in [0.25, 0.3) is 0 Å². The van der Waals surface area contributed by atoms with Gasteiger partial charge >= 0.3 is 11.9 Å². The van der Waals surface area contributed by atoms with Crippen LogP contribution in [-0.2, 0) is 4.74 Å². The molecule has 1 heterocycles. The van der Waals surface area contributed by atoms with Crippen LogP contribution in [0.2, 0.25) is 0 Å². The quantitative estimate of drug-likeness (QED) is 0.738. The molecular formula is C10H8N2O4. The molecule has 0 bridgehead atoms. The van der Waals surface area contributed by atoms with Crippen molar-refractivity contribution in [2.45, 2.75) is 0 Å². The van der Waals surface area contributed by atoms with E-state index in [1.165, 1.54) is 13.2 Å². The largest absolute Gasteiger partial charge is 0.478 e. The highest BCUT2D eigenvalue weighted by molar-refractivity contribution is 6.11. The minimum atomic E-state index is -1.11. The number of carbonyl (C=O) groups excluding carboxylic acids is 1. The number of ether oxygens (including phenoxy) is 1. The standard InChI is InChI=1S/C10H8N2O4/c1-16-10(15)8-7-5(9(13)14)3-2-4-6(7)11-12-8/h2-4H,1H3,(H,11,12)(H,13,14). The fourth-order valence-corrected chi connectivity index (χ4v) is 1.50. The zero-order chi connectivity index (χ0) is 11.7. The number of benzene rings is 1. The second kappa shape index (κ2) is 3.65. The smallest absolute Gasteiger partial charge is 0.359 e. The summed E-state index contributed by atoms with van der Waals surface area (Å²) in [5, 5.41) is 15.6. The summed E-state index contributed by atoms with van der Waals surface area (Å²) < 4.78 is 4.52. The highest BCUT2D eigenvalue weighted by atomic mass is 16.5. The number of hydrogen-bond donors (Lipinski definition) is 2. The van der Waals surface area contributed by atoms with Crippen molar-refractivity contribution < 1.29 is 19.4 Å². The van der Waals surface area contributed by atoms with Crippen LogP contribution >= 0.6 is 0 Å². The summed E-state index contributed by atoms with van der Waals surface area (Å²) in [6, 6.07) is 4.62. The number of aromatic carboxylic acids is 1. The first-order valence-corrected chi connectivity index (χ1v) is 4.44. The molecule has 0 aliphatic rings. The minimum Gasteiger partial charge on any atom is -0.478 e. The molecule has 0 spiro atoms. The van der Waals surface area contributed by atoms with Crippen LogP contribution in [0.5, 0.6) is 0 Å². The lowest BCUT2D eigenvalue weighted by atomic mass is 10.1. The number of aromatic amines is 1. The van der Waals surface area contributed by atoms with Gasteiger partial charge in [-0.1, -0.05) is 6.07 Å². The van der Waals surface area contributed by atoms with Gasteiger partial charge in [0, 0.05) is 5.39 Å². The van der Waals surface area contributed by atoms with Crippen molar-refractivity contribution >= 4 is 22.8 Å². The summed E-state index contributed by atoms with van der Waals surface area (Å²) >= 11 is 0. The fourth-order valence-electron chi connectivity index (χ4n) is 1.50. The minimum absolute atomic E-state index is 0.0181. The van der Waals surface area contributed by atoms with Crippen LogP contribution in [0.15, 0.2) is 18.2 Å². The molecule has 2 rings (SSSR count). The Morgan fingerprint density at radius 3 is 2.81 bits per heavy atom. The monoisotopic (exact) mass is 220 g/mol. The number of carboxylic acids is 1. The van der Waals surface area contributed by atoms with E-state index in [1.807, 2.05) is 0 Å². The molecule has 82 valence electrons. The fraction of sp³-hybridized carbons (Fsp3) is 0.100. The third-order valence-corrected chi connectivity index (χ3v) is 2.20. The first kappa shape index (κ1) is 10.2. The van der Waals surface area contributed by atoms with E-state index in [1.54, 1.807) is 12.1 Å². The van der Waals surface area contributed by atoms with Crippen molar-refractivity contribution in [2.75, 3.05) is 7.11 Å². The normalized spacial score (nSPS) is 10.3. The maximum absolute atomic E-state index is 11.4. The zero-order valence-corrected chi connectivity index (χ0v) is 8.35. The van der Waals surface area contributed by atoms with Crippen LogP contribution in [0.3, 0.4) is 0 Å². The molecule has 0 atom stereocenters. The van der Waals surface area contributed by atoms with Gasteiger partial charge in [0.2, 0.25) is 0 Å². The van der Waals surface area contributed by atoms with E-state index in [0.717, 1.165) is 0 Å². The van der Waals surface area contributed by atoms with Crippen LogP contribution in [-0.4, -0.2) is 34.4 Å². The number of carboxylic acid groups (broad SMARTS) is 1. The van der Waals surface area contributed by atoms with E-state index in [0.29, 0.717) is 5.52 Å². The lowest BCUT2D eigenvalue weighted by molar-refractivity contribution is 0.0596. The number of aromatic nitrogens is 2. The Morgan fingerprint density at radius 1 is 1.44 bits per heavy atom. The van der Waals surface area contributed by atoms with Crippen LogP contribution in [0.25, 0.3) is 10.9 Å². The van der Waals surface area contributed by atoms with Gasteiger partial charge in [-0.2, -0.15) is 5.10 Å². The molecule has 0 saturated heterocycles. The lowest BCUT2D eigenvalue weighted by Gasteiger charge is -1.98. The average molecular weight is 220 g/mol. The Hall–Kier alpha value is -2.37. The maximum Gasteiger partial charge on any atom is 0.359 e. The second-order valence-electron chi connectivity index (χ2n) is 3.10. The zero-order valence-electron chi connectivity index (χ0n) is 8.35. The Kier molecular flexibility index (Phi) is 2.32. The molecule has 0 fully saturated rings. The molecule has 2 aromatic rings. The predicted molar refractivity (Wildman–Crippen MR) is 54.4 cm³/mol. The van der Waals surface area contributed by atoms with Crippen molar-refractivity contribution in [3.05, 3.63) is 29.5 Å². The molecule has 1 aromatic carbocycles. The molecule has 2 N–H and O–H groups in total. The first-order valence-electron chi connectivity index (χ1n) is 4.44. The SMILES string of the molecule is COC(=O)c1n[nH]c2cccc(C(=O)O)c12. The van der Waals surface area contributed by atoms with Gasteiger partial charge in [-0.15, -0.1) is 0 Å². The molecule has 0 unspecified atom stereocenters. The number of nitrogens with zero attached hydrogens (tertiary/aromatic N) is 1. The number of hydrogen-bond acceptors (Lipinski definition) is 4. The lowest BCUT2D eigenvalue weighted by Crippen LogP contribution is -2.05. The van der Waals surface area contributed by atoms with E-state index in [9.17, 15) is 9.59 Å². The molecule has 0 amide bonds. The van der Waals surface area contributed by atoms with E-state index in [2.05, 4.69) is 14.9 Å². The molecule has 0 saturated carbocycles. The van der Waals surface area contributed by atoms with Crippen molar-refractivity contribution in [3.8, 4) is 0 Å². The highest BCUT2D eigenvalue weighted by Crippen LogP contribution is 2.21. The maximum atomic E-state index is 11.4. The third-order valence-electron chi connectivity index (χ3n) is 2.20. The third kappa shape index (κ3) is 1.40. The van der Waals surface area contributed by atoms with Crippen molar-refractivity contribution in [3.63, 3.8) is 0 Å². The number of H-pyrrole nitrogens is 1. The Morgan fingerprint density at radius 2 is 2.19 bits per heavy atom. The van der Waals surface area contributed by atoms with Gasteiger partial charge in [0.1, 0.15) is 0 Å². The van der Waals surface area contributed by atoms with Crippen molar-refractivity contribution in [1.82, 2.24) is 10.2 Å². The Labute approximate surface area is 89.8 Å². The van der Waals surface area contributed by atoms with Crippen LogP contribution in [0.1, 0.15) is 20.8 Å². The molecule has 0 aliphatic heterocycles. The molecule has 0 radical (unpaired) electrons. The van der Waals surface area contributed by atoms with Crippen molar-refractivity contribution in [1.29, 1.82) is 0 Å². The second-order valence-corrected chi connectivity index (χ2v) is 3.10. The van der Waals surface area contributed by atoms with Gasteiger partial charge < -0.3 is 9.84 Å².